The molecule has 0 aliphatic carbocycles. The van der Waals surface area contributed by atoms with E-state index in [0.717, 1.165) is 6.42 Å². The molecule has 2 unspecified atom stereocenters. The maximum absolute atomic E-state index is 12.7. The first-order valence-corrected chi connectivity index (χ1v) is 6.65. The first-order valence-electron chi connectivity index (χ1n) is 6.65. The fraction of sp³-hybridized carbons (Fsp3) is 0.600. The lowest BCUT2D eigenvalue weighted by molar-refractivity contribution is -0.140. The summed E-state index contributed by atoms with van der Waals surface area (Å²) in [4.78, 5) is 0. The standard InChI is InChI=1S/C15H22F3N/c1-11(2)9-12(3)19-14(10-15(16,17)18)13-7-5-4-6-8-13/h4-8,11-12,14,19H,9-10H2,1-3H3. The maximum atomic E-state index is 12.7. The Hall–Kier alpha value is -1.03. The van der Waals surface area contributed by atoms with Crippen molar-refractivity contribution in [3.63, 3.8) is 0 Å². The van der Waals surface area contributed by atoms with Crippen LogP contribution in [0.15, 0.2) is 30.3 Å². The smallest absolute Gasteiger partial charge is 0.307 e. The fourth-order valence-electron chi connectivity index (χ4n) is 2.31. The summed E-state index contributed by atoms with van der Waals surface area (Å²) in [5, 5.41) is 3.10. The van der Waals surface area contributed by atoms with Crippen molar-refractivity contribution >= 4 is 0 Å². The SMILES string of the molecule is CC(C)CC(C)NC(CC(F)(F)F)c1ccccc1. The van der Waals surface area contributed by atoms with Gasteiger partial charge in [-0.2, -0.15) is 13.2 Å². The van der Waals surface area contributed by atoms with Crippen LogP contribution in [0.1, 0.15) is 45.2 Å². The van der Waals surface area contributed by atoms with E-state index < -0.39 is 18.6 Å². The molecule has 0 heterocycles. The first-order chi connectivity index (χ1) is 8.78. The highest BCUT2D eigenvalue weighted by Crippen LogP contribution is 2.30. The van der Waals surface area contributed by atoms with E-state index >= 15 is 0 Å². The van der Waals surface area contributed by atoms with Gasteiger partial charge >= 0.3 is 6.18 Å². The molecule has 0 radical (unpaired) electrons. The fourth-order valence-corrected chi connectivity index (χ4v) is 2.31. The minimum absolute atomic E-state index is 0.0626. The molecule has 19 heavy (non-hydrogen) atoms. The Morgan fingerprint density at radius 1 is 1.05 bits per heavy atom. The van der Waals surface area contributed by atoms with E-state index in [0.29, 0.717) is 11.5 Å². The van der Waals surface area contributed by atoms with Crippen LogP contribution in [0.2, 0.25) is 0 Å². The summed E-state index contributed by atoms with van der Waals surface area (Å²) in [7, 11) is 0. The molecule has 0 aliphatic rings. The predicted molar refractivity (Wildman–Crippen MR) is 71.9 cm³/mol. The summed E-state index contributed by atoms with van der Waals surface area (Å²) in [5.41, 5.74) is 0.690. The zero-order valence-corrected chi connectivity index (χ0v) is 11.7. The third kappa shape index (κ3) is 6.62. The molecule has 4 heteroatoms. The summed E-state index contributed by atoms with van der Waals surface area (Å²) in [5.74, 6) is 0.463. The molecular formula is C15H22F3N. The summed E-state index contributed by atoms with van der Waals surface area (Å²) >= 11 is 0. The van der Waals surface area contributed by atoms with Crippen LogP contribution in [0.3, 0.4) is 0 Å². The molecule has 0 aliphatic heterocycles. The average Bonchev–Trinajstić information content (AvgIpc) is 2.26. The van der Waals surface area contributed by atoms with Crippen molar-refractivity contribution in [1.29, 1.82) is 0 Å². The Morgan fingerprint density at radius 3 is 2.11 bits per heavy atom. The first kappa shape index (κ1) is 16.0. The molecule has 0 saturated carbocycles. The van der Waals surface area contributed by atoms with Gasteiger partial charge in [0.1, 0.15) is 0 Å². The zero-order valence-electron chi connectivity index (χ0n) is 11.7. The normalized spacial score (nSPS) is 15.5. The van der Waals surface area contributed by atoms with Crippen molar-refractivity contribution in [2.24, 2.45) is 5.92 Å². The Balaban J connectivity index is 2.76. The van der Waals surface area contributed by atoms with E-state index in [4.69, 9.17) is 0 Å². The van der Waals surface area contributed by atoms with E-state index in [-0.39, 0.29) is 6.04 Å². The minimum atomic E-state index is -4.16. The molecule has 0 amide bonds. The second-order valence-electron chi connectivity index (χ2n) is 5.48. The van der Waals surface area contributed by atoms with E-state index in [2.05, 4.69) is 19.2 Å². The molecule has 1 aromatic rings. The molecule has 0 fully saturated rings. The second kappa shape index (κ2) is 6.94. The minimum Gasteiger partial charge on any atom is -0.307 e. The third-order valence-corrected chi connectivity index (χ3v) is 2.95. The summed E-state index contributed by atoms with van der Waals surface area (Å²) in [6.45, 7) is 6.07. The van der Waals surface area contributed by atoms with Crippen LogP contribution in [0.5, 0.6) is 0 Å². The van der Waals surface area contributed by atoms with Gasteiger partial charge < -0.3 is 5.32 Å². The summed E-state index contributed by atoms with van der Waals surface area (Å²) < 4.78 is 38.0. The van der Waals surface area contributed by atoms with E-state index in [1.165, 1.54) is 0 Å². The summed E-state index contributed by atoms with van der Waals surface area (Å²) in [6, 6.07) is 8.23. The van der Waals surface area contributed by atoms with Crippen molar-refractivity contribution in [3.8, 4) is 0 Å². The number of hydrogen-bond donors (Lipinski definition) is 1. The highest BCUT2D eigenvalue weighted by Gasteiger charge is 2.33. The van der Waals surface area contributed by atoms with Gasteiger partial charge in [-0.25, -0.2) is 0 Å². The number of halogens is 3. The highest BCUT2D eigenvalue weighted by atomic mass is 19.4. The molecule has 1 rings (SSSR count). The molecule has 0 saturated heterocycles. The van der Waals surface area contributed by atoms with Gasteiger partial charge in [0.25, 0.3) is 0 Å². The van der Waals surface area contributed by atoms with Crippen molar-refractivity contribution in [1.82, 2.24) is 5.32 Å². The second-order valence-corrected chi connectivity index (χ2v) is 5.48. The van der Waals surface area contributed by atoms with Gasteiger partial charge in [0.15, 0.2) is 0 Å². The average molecular weight is 273 g/mol. The van der Waals surface area contributed by atoms with Gasteiger partial charge in [-0.1, -0.05) is 44.2 Å². The van der Waals surface area contributed by atoms with Gasteiger partial charge in [-0.15, -0.1) is 0 Å². The van der Waals surface area contributed by atoms with Crippen molar-refractivity contribution < 1.29 is 13.2 Å². The largest absolute Gasteiger partial charge is 0.390 e. The van der Waals surface area contributed by atoms with E-state index in [1.807, 2.05) is 13.0 Å². The van der Waals surface area contributed by atoms with Gasteiger partial charge in [-0.05, 0) is 24.8 Å². The maximum Gasteiger partial charge on any atom is 0.390 e. The van der Waals surface area contributed by atoms with Crippen molar-refractivity contribution in [3.05, 3.63) is 35.9 Å². The Bertz CT molecular complexity index is 359. The highest BCUT2D eigenvalue weighted by molar-refractivity contribution is 5.19. The zero-order chi connectivity index (χ0) is 14.5. The van der Waals surface area contributed by atoms with Crippen molar-refractivity contribution in [2.45, 2.75) is 51.9 Å². The lowest BCUT2D eigenvalue weighted by Gasteiger charge is -2.25. The lowest BCUT2D eigenvalue weighted by atomic mass is 9.99. The van der Waals surface area contributed by atoms with Gasteiger partial charge in [0.2, 0.25) is 0 Å². The number of rotatable bonds is 6. The van der Waals surface area contributed by atoms with Gasteiger partial charge in [0, 0.05) is 12.1 Å². The van der Waals surface area contributed by atoms with Gasteiger partial charge in [0.05, 0.1) is 6.42 Å². The van der Waals surface area contributed by atoms with Crippen molar-refractivity contribution in [2.75, 3.05) is 0 Å². The lowest BCUT2D eigenvalue weighted by Crippen LogP contribution is -2.34. The molecular weight excluding hydrogens is 251 g/mol. The quantitative estimate of drug-likeness (QED) is 0.792. The number of hydrogen-bond acceptors (Lipinski definition) is 1. The van der Waals surface area contributed by atoms with E-state index in [9.17, 15) is 13.2 Å². The molecule has 2 atom stereocenters. The summed E-state index contributed by atoms with van der Waals surface area (Å²) in [6.07, 6.45) is -4.13. The molecule has 108 valence electrons. The van der Waals surface area contributed by atoms with Crippen LogP contribution in [0.4, 0.5) is 13.2 Å². The number of benzene rings is 1. The topological polar surface area (TPSA) is 12.0 Å². The van der Waals surface area contributed by atoms with Crippen LogP contribution in [-0.2, 0) is 0 Å². The van der Waals surface area contributed by atoms with Crippen LogP contribution in [0, 0.1) is 5.92 Å². The Morgan fingerprint density at radius 2 is 1.63 bits per heavy atom. The number of alkyl halides is 3. The molecule has 1 nitrogen and oxygen atoms in total. The van der Waals surface area contributed by atoms with Crippen LogP contribution >= 0.6 is 0 Å². The van der Waals surface area contributed by atoms with Crippen LogP contribution in [0.25, 0.3) is 0 Å². The molecule has 0 bridgehead atoms. The monoisotopic (exact) mass is 273 g/mol. The molecule has 1 aromatic carbocycles. The van der Waals surface area contributed by atoms with Crippen LogP contribution in [-0.4, -0.2) is 12.2 Å². The molecule has 0 aromatic heterocycles. The molecule has 1 N–H and O–H groups in total. The Kier molecular flexibility index (Phi) is 5.85. The Labute approximate surface area is 113 Å². The van der Waals surface area contributed by atoms with Gasteiger partial charge in [-0.3, -0.25) is 0 Å². The predicted octanol–water partition coefficient (Wildman–Crippen LogP) is 4.70. The van der Waals surface area contributed by atoms with E-state index in [1.54, 1.807) is 24.3 Å². The number of nitrogens with one attached hydrogen (secondary N) is 1. The molecule has 0 spiro atoms. The third-order valence-electron chi connectivity index (χ3n) is 2.95. The van der Waals surface area contributed by atoms with Crippen LogP contribution < -0.4 is 5.32 Å².